The van der Waals surface area contributed by atoms with Crippen LogP contribution in [-0.4, -0.2) is 17.9 Å². The van der Waals surface area contributed by atoms with E-state index in [9.17, 15) is 23.1 Å². The molecule has 0 amide bonds. The fourth-order valence-corrected chi connectivity index (χ4v) is 2.38. The molecule has 0 atom stereocenters. The number of fused-ring (bicyclic) bond motifs is 1. The van der Waals surface area contributed by atoms with E-state index in [2.05, 4.69) is 10.2 Å². The van der Waals surface area contributed by atoms with Crippen LogP contribution in [0, 0.1) is 0 Å². The van der Waals surface area contributed by atoms with E-state index in [1.807, 2.05) is 0 Å². The topological polar surface area (TPSA) is 84.4 Å². The van der Waals surface area contributed by atoms with Crippen molar-refractivity contribution in [3.8, 4) is 5.75 Å². The van der Waals surface area contributed by atoms with Crippen molar-refractivity contribution >= 4 is 11.0 Å². The van der Waals surface area contributed by atoms with Crippen LogP contribution < -0.4 is 10.4 Å². The second-order valence-electron chi connectivity index (χ2n) is 4.90. The van der Waals surface area contributed by atoms with Crippen molar-refractivity contribution in [1.29, 1.82) is 0 Å². The Morgan fingerprint density at radius 3 is 2.52 bits per heavy atom. The van der Waals surface area contributed by atoms with Crippen molar-refractivity contribution in [2.24, 2.45) is 10.2 Å². The first-order valence-corrected chi connectivity index (χ1v) is 6.68. The van der Waals surface area contributed by atoms with Gasteiger partial charge < -0.3 is 14.3 Å². The summed E-state index contributed by atoms with van der Waals surface area (Å²) in [5, 5.41) is 15.9. The molecule has 0 radical (unpaired) electrons. The highest BCUT2D eigenvalue weighted by molar-refractivity contribution is 5.88. The average molecular weight is 328 g/mol. The predicted octanol–water partition coefficient (Wildman–Crippen LogP) is 2.86. The lowest BCUT2D eigenvalue weighted by Crippen LogP contribution is -2.30. The van der Waals surface area contributed by atoms with Crippen LogP contribution in [0.4, 0.5) is 13.2 Å². The van der Waals surface area contributed by atoms with Gasteiger partial charge in [0.1, 0.15) is 11.3 Å². The Morgan fingerprint density at radius 2 is 2.00 bits per heavy atom. The van der Waals surface area contributed by atoms with Gasteiger partial charge in [0.15, 0.2) is 0 Å². The van der Waals surface area contributed by atoms with Crippen molar-refractivity contribution in [2.75, 3.05) is 6.61 Å². The Balaban J connectivity index is 2.29. The van der Waals surface area contributed by atoms with Crippen molar-refractivity contribution in [3.63, 3.8) is 0 Å². The summed E-state index contributed by atoms with van der Waals surface area (Å²) in [4.78, 5) is 11.5. The normalized spacial score (nSPS) is 15.9. The number of alkyl halides is 3. The van der Waals surface area contributed by atoms with Gasteiger partial charge in [-0.25, -0.2) is 4.79 Å². The number of ether oxygens (including phenoxy) is 1. The van der Waals surface area contributed by atoms with Gasteiger partial charge in [-0.05, 0) is 24.6 Å². The third kappa shape index (κ3) is 2.37. The van der Waals surface area contributed by atoms with E-state index in [0.29, 0.717) is 0 Å². The number of aliphatic hydroxyl groups excluding tert-OH is 1. The van der Waals surface area contributed by atoms with Gasteiger partial charge in [0.2, 0.25) is 0 Å². The van der Waals surface area contributed by atoms with Crippen LogP contribution in [0.15, 0.2) is 37.6 Å². The highest BCUT2D eigenvalue weighted by atomic mass is 19.4. The van der Waals surface area contributed by atoms with Gasteiger partial charge in [-0.15, -0.1) is 10.2 Å². The predicted molar refractivity (Wildman–Crippen MR) is 72.2 cm³/mol. The van der Waals surface area contributed by atoms with Crippen molar-refractivity contribution < 1.29 is 27.4 Å². The molecule has 3 rings (SSSR count). The van der Waals surface area contributed by atoms with E-state index in [0.717, 1.165) is 18.2 Å². The summed E-state index contributed by atoms with van der Waals surface area (Å²) in [5.41, 5.74) is -3.66. The molecule has 0 spiro atoms. The standard InChI is InChI=1S/C14H11F3N2O4/c1-2-22-9-4-8(13(18-19-13)14(15,16)17)5-10-12(9)7(6-20)3-11(21)23-10/h3-5,20H,2,6H2,1H3. The molecule has 1 aromatic carbocycles. The third-order valence-electron chi connectivity index (χ3n) is 3.46. The Bertz CT molecular complexity index is 851. The van der Waals surface area contributed by atoms with Gasteiger partial charge in [0.05, 0.1) is 18.6 Å². The van der Waals surface area contributed by atoms with Crippen LogP contribution in [-0.2, 0) is 12.3 Å². The van der Waals surface area contributed by atoms with Gasteiger partial charge >= 0.3 is 17.5 Å². The molecule has 6 nitrogen and oxygen atoms in total. The second-order valence-corrected chi connectivity index (χ2v) is 4.90. The van der Waals surface area contributed by atoms with E-state index < -0.39 is 24.1 Å². The molecule has 0 bridgehead atoms. The van der Waals surface area contributed by atoms with Crippen LogP contribution in [0.2, 0.25) is 0 Å². The molecule has 0 fully saturated rings. The zero-order valence-corrected chi connectivity index (χ0v) is 11.8. The van der Waals surface area contributed by atoms with Gasteiger partial charge in [0.25, 0.3) is 0 Å². The van der Waals surface area contributed by atoms with Crippen LogP contribution >= 0.6 is 0 Å². The molecule has 0 aliphatic carbocycles. The minimum Gasteiger partial charge on any atom is -0.493 e. The number of aliphatic hydroxyl groups is 1. The summed E-state index contributed by atoms with van der Waals surface area (Å²) in [6, 6.07) is 3.26. The monoisotopic (exact) mass is 328 g/mol. The Kier molecular flexibility index (Phi) is 3.40. The summed E-state index contributed by atoms with van der Waals surface area (Å²) < 4.78 is 49.8. The highest BCUT2D eigenvalue weighted by Crippen LogP contribution is 2.53. The fraction of sp³-hybridized carbons (Fsp3) is 0.357. The second kappa shape index (κ2) is 5.05. The number of hydrogen-bond acceptors (Lipinski definition) is 6. The van der Waals surface area contributed by atoms with Gasteiger partial charge in [0, 0.05) is 11.6 Å². The maximum Gasteiger partial charge on any atom is 0.442 e. The zero-order chi connectivity index (χ0) is 16.8. The Hall–Kier alpha value is -2.42. The van der Waals surface area contributed by atoms with E-state index in [1.165, 1.54) is 0 Å². The molecular formula is C14H11F3N2O4. The average Bonchev–Trinajstić information content (AvgIpc) is 3.27. The van der Waals surface area contributed by atoms with Gasteiger partial charge in [-0.2, -0.15) is 13.2 Å². The molecule has 1 N–H and O–H groups in total. The smallest absolute Gasteiger partial charge is 0.442 e. The zero-order valence-electron chi connectivity index (χ0n) is 11.8. The van der Waals surface area contributed by atoms with Crippen molar-refractivity contribution in [2.45, 2.75) is 25.4 Å². The number of halogens is 3. The van der Waals surface area contributed by atoms with Gasteiger partial charge in [-0.1, -0.05) is 0 Å². The van der Waals surface area contributed by atoms with Crippen LogP contribution in [0.1, 0.15) is 18.1 Å². The first-order chi connectivity index (χ1) is 10.8. The number of benzene rings is 1. The van der Waals surface area contributed by atoms with E-state index in [1.54, 1.807) is 6.92 Å². The Labute approximate surface area is 127 Å². The number of rotatable bonds is 4. The first-order valence-electron chi connectivity index (χ1n) is 6.68. The van der Waals surface area contributed by atoms with Gasteiger partial charge in [-0.3, -0.25) is 0 Å². The third-order valence-corrected chi connectivity index (χ3v) is 3.46. The van der Waals surface area contributed by atoms with Crippen LogP contribution in [0.3, 0.4) is 0 Å². The molecule has 0 saturated carbocycles. The van der Waals surface area contributed by atoms with E-state index >= 15 is 0 Å². The molecule has 1 aromatic heterocycles. The van der Waals surface area contributed by atoms with Crippen LogP contribution in [0.25, 0.3) is 11.0 Å². The molecule has 122 valence electrons. The molecule has 2 heterocycles. The lowest BCUT2D eigenvalue weighted by molar-refractivity contribution is -0.166. The molecule has 1 aliphatic heterocycles. The molecule has 23 heavy (non-hydrogen) atoms. The minimum atomic E-state index is -4.71. The van der Waals surface area contributed by atoms with E-state index in [-0.39, 0.29) is 34.5 Å². The molecule has 1 aliphatic rings. The highest BCUT2D eigenvalue weighted by Gasteiger charge is 2.65. The number of hydrogen-bond donors (Lipinski definition) is 1. The van der Waals surface area contributed by atoms with Crippen molar-refractivity contribution in [3.05, 3.63) is 39.7 Å². The summed E-state index contributed by atoms with van der Waals surface area (Å²) in [6.45, 7) is 1.35. The fourth-order valence-electron chi connectivity index (χ4n) is 2.38. The van der Waals surface area contributed by atoms with Crippen molar-refractivity contribution in [1.82, 2.24) is 0 Å². The largest absolute Gasteiger partial charge is 0.493 e. The first kappa shape index (κ1) is 15.5. The SMILES string of the molecule is CCOc1cc(C2(C(F)(F)F)N=N2)cc2oc(=O)cc(CO)c12. The molecule has 0 saturated heterocycles. The summed E-state index contributed by atoms with van der Waals surface area (Å²) in [6.07, 6.45) is -4.71. The summed E-state index contributed by atoms with van der Waals surface area (Å²) in [5.74, 6) is 0.0636. The lowest BCUT2D eigenvalue weighted by atomic mass is 9.99. The summed E-state index contributed by atoms with van der Waals surface area (Å²) >= 11 is 0. The Morgan fingerprint density at radius 1 is 1.30 bits per heavy atom. The minimum absolute atomic E-state index is 0.0636. The molecular weight excluding hydrogens is 317 g/mol. The van der Waals surface area contributed by atoms with Crippen LogP contribution in [0.5, 0.6) is 5.75 Å². The quantitative estimate of drug-likeness (QED) is 0.875. The lowest BCUT2D eigenvalue weighted by Gasteiger charge is -2.17. The van der Waals surface area contributed by atoms with E-state index in [4.69, 9.17) is 9.15 Å². The molecule has 0 unspecified atom stereocenters. The molecule has 9 heteroatoms. The maximum atomic E-state index is 13.2. The number of nitrogens with zero attached hydrogens (tertiary/aromatic N) is 2. The molecule has 2 aromatic rings. The maximum absolute atomic E-state index is 13.2. The summed E-state index contributed by atoms with van der Waals surface area (Å²) in [7, 11) is 0.